The number of aromatic nitrogens is 1. The lowest BCUT2D eigenvalue weighted by Crippen LogP contribution is -2.38. The van der Waals surface area contributed by atoms with Crippen LogP contribution in [-0.4, -0.2) is 67.1 Å². The van der Waals surface area contributed by atoms with Crippen molar-refractivity contribution in [1.29, 1.82) is 0 Å². The van der Waals surface area contributed by atoms with E-state index in [-0.39, 0.29) is 34.8 Å². The van der Waals surface area contributed by atoms with Crippen molar-refractivity contribution < 1.29 is 22.7 Å². The second-order valence-corrected chi connectivity index (χ2v) is 11.0. The Kier molecular flexibility index (Phi) is 7.35. The van der Waals surface area contributed by atoms with E-state index in [4.69, 9.17) is 4.74 Å². The van der Waals surface area contributed by atoms with Gasteiger partial charge in [0.15, 0.2) is 0 Å². The molecule has 1 aliphatic heterocycles. The standard InChI is InChI=1S/C28H30F3N5O2S/c1-32-25(37)18-8-9-24(38-3)22(14-18)33-11-4-6-19-15-23-21(34-27-10-13-35(2)17-20(27)16-27)7-5-12-36(23)26(19)39-28(29,30)31/h5,7-9,12,14-15,20,33-34H,10-11,13,16-17H2,1-3H3,(H,32,37)/t20-,27+/m0/s1. The Bertz CT molecular complexity index is 1460. The number of piperidine rings is 1. The topological polar surface area (TPSA) is 70.0 Å². The van der Waals surface area contributed by atoms with Crippen LogP contribution in [0.3, 0.4) is 0 Å². The molecule has 1 aromatic carbocycles. The van der Waals surface area contributed by atoms with Crippen LogP contribution in [0.25, 0.3) is 5.52 Å². The number of halogens is 3. The predicted octanol–water partition coefficient (Wildman–Crippen LogP) is 4.89. The first-order valence-corrected chi connectivity index (χ1v) is 13.4. The number of fused-ring (bicyclic) bond motifs is 2. The molecule has 206 valence electrons. The van der Waals surface area contributed by atoms with Crippen molar-refractivity contribution in [2.24, 2.45) is 5.92 Å². The molecule has 1 saturated carbocycles. The zero-order valence-electron chi connectivity index (χ0n) is 21.9. The first-order chi connectivity index (χ1) is 18.6. The number of nitrogens with zero attached hydrogens (tertiary/aromatic N) is 2. The summed E-state index contributed by atoms with van der Waals surface area (Å²) in [4.78, 5) is 14.3. The first kappa shape index (κ1) is 27.1. The number of rotatable bonds is 7. The summed E-state index contributed by atoms with van der Waals surface area (Å²) in [6, 6.07) is 10.4. The molecule has 7 nitrogen and oxygen atoms in total. The van der Waals surface area contributed by atoms with Gasteiger partial charge in [-0.3, -0.25) is 4.79 Å². The van der Waals surface area contributed by atoms with Crippen LogP contribution < -0.4 is 20.7 Å². The Balaban J connectivity index is 1.41. The quantitative estimate of drug-likeness (QED) is 0.284. The number of alkyl halides is 3. The number of hydrogen-bond acceptors (Lipinski definition) is 6. The van der Waals surface area contributed by atoms with E-state index >= 15 is 0 Å². The zero-order chi connectivity index (χ0) is 27.8. The maximum atomic E-state index is 13.6. The Morgan fingerprint density at radius 1 is 1.26 bits per heavy atom. The lowest BCUT2D eigenvalue weighted by atomic mass is 10.0. The van der Waals surface area contributed by atoms with Crippen LogP contribution >= 0.6 is 11.8 Å². The maximum Gasteiger partial charge on any atom is 0.447 e. The molecule has 2 fully saturated rings. The van der Waals surface area contributed by atoms with Crippen LogP contribution in [0, 0.1) is 17.8 Å². The summed E-state index contributed by atoms with van der Waals surface area (Å²) in [5.74, 6) is 6.68. The monoisotopic (exact) mass is 557 g/mol. The van der Waals surface area contributed by atoms with Gasteiger partial charge >= 0.3 is 5.51 Å². The van der Waals surface area contributed by atoms with Crippen molar-refractivity contribution in [2.45, 2.75) is 28.9 Å². The Labute approximate surface area is 229 Å². The fraction of sp³-hybridized carbons (Fsp3) is 0.393. The van der Waals surface area contributed by atoms with Crippen molar-refractivity contribution in [1.82, 2.24) is 14.6 Å². The minimum Gasteiger partial charge on any atom is -0.495 e. The van der Waals surface area contributed by atoms with Gasteiger partial charge in [-0.15, -0.1) is 0 Å². The van der Waals surface area contributed by atoms with Crippen LogP contribution in [0.4, 0.5) is 24.5 Å². The predicted molar refractivity (Wildman–Crippen MR) is 148 cm³/mol. The van der Waals surface area contributed by atoms with Gasteiger partial charge in [-0.2, -0.15) is 13.2 Å². The molecule has 0 radical (unpaired) electrons. The number of carbonyl (C=O) groups is 1. The van der Waals surface area contributed by atoms with Gasteiger partial charge in [-0.1, -0.05) is 11.8 Å². The van der Waals surface area contributed by atoms with Crippen molar-refractivity contribution >= 4 is 34.6 Å². The second-order valence-electron chi connectivity index (χ2n) is 9.93. The number of carbonyl (C=O) groups excluding carboxylic acids is 1. The number of likely N-dealkylation sites (tertiary alicyclic amines) is 1. The zero-order valence-corrected chi connectivity index (χ0v) is 22.7. The maximum absolute atomic E-state index is 13.6. The summed E-state index contributed by atoms with van der Waals surface area (Å²) in [7, 11) is 5.17. The summed E-state index contributed by atoms with van der Waals surface area (Å²) >= 11 is -0.163. The average molecular weight is 558 g/mol. The van der Waals surface area contributed by atoms with Crippen molar-refractivity contribution in [3.8, 4) is 17.6 Å². The van der Waals surface area contributed by atoms with Gasteiger partial charge in [0.05, 0.1) is 36.1 Å². The highest BCUT2D eigenvalue weighted by molar-refractivity contribution is 8.00. The van der Waals surface area contributed by atoms with E-state index < -0.39 is 5.51 Å². The van der Waals surface area contributed by atoms with Gasteiger partial charge in [0.25, 0.3) is 5.91 Å². The third kappa shape index (κ3) is 5.77. The Morgan fingerprint density at radius 2 is 2.08 bits per heavy atom. The lowest BCUT2D eigenvalue weighted by molar-refractivity contribution is -0.0329. The van der Waals surface area contributed by atoms with Crippen LogP contribution in [0.5, 0.6) is 5.75 Å². The highest BCUT2D eigenvalue weighted by atomic mass is 32.2. The normalized spacial score (nSPS) is 20.5. The van der Waals surface area contributed by atoms with Gasteiger partial charge < -0.3 is 30.0 Å². The molecular weight excluding hydrogens is 527 g/mol. The minimum atomic E-state index is -4.46. The molecule has 0 spiro atoms. The number of methoxy groups -OCH3 is 1. The highest BCUT2D eigenvalue weighted by Crippen LogP contribution is 2.52. The molecule has 39 heavy (non-hydrogen) atoms. The SMILES string of the molecule is CNC(=O)c1ccc(OC)c(NCC#Cc2cc3c(N[C@@]45CCN(C)C[C@@H]4C5)cccn3c2SC(F)(F)F)c1. The molecule has 0 bridgehead atoms. The molecule has 11 heteroatoms. The van der Waals surface area contributed by atoms with Crippen molar-refractivity contribution in [2.75, 3.05) is 51.5 Å². The van der Waals surface area contributed by atoms with E-state index in [9.17, 15) is 18.0 Å². The number of pyridine rings is 1. The van der Waals surface area contributed by atoms with Crippen LogP contribution in [0.1, 0.15) is 28.8 Å². The third-order valence-corrected chi connectivity index (χ3v) is 8.18. The number of nitrogens with one attached hydrogen (secondary N) is 3. The van der Waals surface area contributed by atoms with Gasteiger partial charge in [0.2, 0.25) is 0 Å². The number of thioether (sulfide) groups is 1. The molecule has 5 rings (SSSR count). The smallest absolute Gasteiger partial charge is 0.447 e. The molecule has 1 amide bonds. The van der Waals surface area contributed by atoms with Crippen LogP contribution in [-0.2, 0) is 0 Å². The molecule has 2 aromatic heterocycles. The second kappa shape index (κ2) is 10.6. The number of ether oxygens (including phenoxy) is 1. The third-order valence-electron chi connectivity index (χ3n) is 7.34. The minimum absolute atomic E-state index is 0.00793. The van der Waals surface area contributed by atoms with Gasteiger partial charge in [-0.05, 0) is 62.2 Å². The molecule has 1 aliphatic carbocycles. The van der Waals surface area contributed by atoms with Crippen LogP contribution in [0.15, 0.2) is 47.6 Å². The van der Waals surface area contributed by atoms with Gasteiger partial charge in [0, 0.05) is 49.2 Å². The molecular formula is C28H30F3N5O2S. The lowest BCUT2D eigenvalue weighted by Gasteiger charge is -2.30. The largest absolute Gasteiger partial charge is 0.495 e. The van der Waals surface area contributed by atoms with Crippen LogP contribution in [0.2, 0.25) is 0 Å². The van der Waals surface area contributed by atoms with Gasteiger partial charge in [-0.25, -0.2) is 0 Å². The van der Waals surface area contributed by atoms with E-state index in [1.54, 1.807) is 48.0 Å². The molecule has 3 N–H and O–H groups in total. The molecule has 3 aromatic rings. The molecule has 2 aliphatic rings. The summed E-state index contributed by atoms with van der Waals surface area (Å²) in [6.07, 6.45) is 3.71. The fourth-order valence-electron chi connectivity index (χ4n) is 5.26. The van der Waals surface area contributed by atoms with E-state index in [0.717, 1.165) is 31.6 Å². The van der Waals surface area contributed by atoms with E-state index in [1.807, 2.05) is 6.07 Å². The molecule has 0 unspecified atom stereocenters. The van der Waals surface area contributed by atoms with Crippen molar-refractivity contribution in [3.05, 3.63) is 53.7 Å². The van der Waals surface area contributed by atoms with E-state index in [0.29, 0.717) is 34.0 Å². The number of amides is 1. The fourth-order valence-corrected chi connectivity index (χ4v) is 5.96. The summed E-state index contributed by atoms with van der Waals surface area (Å²) < 4.78 is 47.6. The Hall–Kier alpha value is -3.49. The molecule has 2 atom stereocenters. The Morgan fingerprint density at radius 3 is 2.79 bits per heavy atom. The number of anilines is 2. The van der Waals surface area contributed by atoms with E-state index in [2.05, 4.69) is 39.7 Å². The summed E-state index contributed by atoms with van der Waals surface area (Å²) in [6.45, 7) is 2.15. The first-order valence-electron chi connectivity index (χ1n) is 12.6. The summed E-state index contributed by atoms with van der Waals surface area (Å²) in [5.41, 5.74) is -1.67. The summed E-state index contributed by atoms with van der Waals surface area (Å²) in [5, 5.41) is 9.38. The highest BCUT2D eigenvalue weighted by Gasteiger charge is 2.56. The molecule has 1 saturated heterocycles. The van der Waals surface area contributed by atoms with Gasteiger partial charge in [0.1, 0.15) is 10.8 Å². The average Bonchev–Trinajstić information content (AvgIpc) is 3.50. The number of benzene rings is 1. The van der Waals surface area contributed by atoms with E-state index in [1.165, 1.54) is 7.11 Å². The number of hydrogen-bond donors (Lipinski definition) is 3. The molecule has 3 heterocycles. The van der Waals surface area contributed by atoms with Crippen molar-refractivity contribution in [3.63, 3.8) is 0 Å².